The maximum absolute atomic E-state index is 13.9. The predicted octanol–water partition coefficient (Wildman–Crippen LogP) is 3.74. The SMILES string of the molecule is O=C(c1cc(O)ccc1F)N1CC2(CC(c3nccn3-c3ccccc3)C2)C1. The van der Waals surface area contributed by atoms with Crippen molar-refractivity contribution >= 4 is 5.91 Å². The molecule has 1 aromatic heterocycles. The number of carbonyl (C=O) groups is 1. The van der Waals surface area contributed by atoms with Gasteiger partial charge in [-0.3, -0.25) is 4.79 Å². The van der Waals surface area contributed by atoms with Crippen LogP contribution >= 0.6 is 0 Å². The fraction of sp³-hybridized carbons (Fsp3) is 0.273. The summed E-state index contributed by atoms with van der Waals surface area (Å²) in [5.41, 5.74) is 1.15. The molecule has 0 atom stereocenters. The minimum Gasteiger partial charge on any atom is -0.508 e. The Bertz CT molecular complexity index is 1030. The Morgan fingerprint density at radius 2 is 1.89 bits per heavy atom. The second-order valence-corrected chi connectivity index (χ2v) is 7.92. The summed E-state index contributed by atoms with van der Waals surface area (Å²) in [6.07, 6.45) is 5.76. The molecule has 142 valence electrons. The standard InChI is InChI=1S/C22H20FN3O2/c23-19-7-6-17(27)10-18(19)21(28)25-13-22(14-25)11-15(12-22)20-24-8-9-26(20)16-4-2-1-3-5-16/h1-10,15,27H,11-14H2. The first-order chi connectivity index (χ1) is 13.5. The van der Waals surface area contributed by atoms with Gasteiger partial charge in [0.15, 0.2) is 0 Å². The van der Waals surface area contributed by atoms with Crippen molar-refractivity contribution in [3.05, 3.63) is 78.1 Å². The summed E-state index contributed by atoms with van der Waals surface area (Å²) >= 11 is 0. The zero-order chi connectivity index (χ0) is 19.3. The molecule has 2 heterocycles. The highest BCUT2D eigenvalue weighted by atomic mass is 19.1. The summed E-state index contributed by atoms with van der Waals surface area (Å²) < 4.78 is 16.0. The maximum Gasteiger partial charge on any atom is 0.257 e. The minimum absolute atomic E-state index is 0.0645. The van der Waals surface area contributed by atoms with E-state index in [1.807, 2.05) is 30.6 Å². The molecule has 3 aromatic rings. The number of para-hydroxylation sites is 1. The van der Waals surface area contributed by atoms with Crippen LogP contribution in [-0.2, 0) is 0 Å². The first kappa shape index (κ1) is 17.0. The Balaban J connectivity index is 1.25. The Labute approximate surface area is 162 Å². The van der Waals surface area contributed by atoms with Gasteiger partial charge in [0.25, 0.3) is 5.91 Å². The van der Waals surface area contributed by atoms with Gasteiger partial charge in [-0.15, -0.1) is 0 Å². The third-order valence-corrected chi connectivity index (χ3v) is 5.95. The van der Waals surface area contributed by atoms with E-state index in [1.165, 1.54) is 12.1 Å². The fourth-order valence-corrected chi connectivity index (χ4v) is 4.60. The van der Waals surface area contributed by atoms with Gasteiger partial charge in [-0.05, 0) is 43.2 Å². The quantitative estimate of drug-likeness (QED) is 0.757. The summed E-state index contributed by atoms with van der Waals surface area (Å²) in [5, 5.41) is 9.53. The lowest BCUT2D eigenvalue weighted by atomic mass is 9.57. The lowest BCUT2D eigenvalue weighted by Gasteiger charge is -2.58. The minimum atomic E-state index is -0.597. The Morgan fingerprint density at radius 3 is 2.64 bits per heavy atom. The molecule has 2 aliphatic rings. The van der Waals surface area contributed by atoms with E-state index in [2.05, 4.69) is 21.7 Å². The Hall–Kier alpha value is -3.15. The number of carbonyl (C=O) groups excluding carboxylic acids is 1. The van der Waals surface area contributed by atoms with Gasteiger partial charge in [-0.2, -0.15) is 0 Å². The number of phenolic OH excluding ortho intramolecular Hbond substituents is 1. The second-order valence-electron chi connectivity index (χ2n) is 7.92. The average molecular weight is 377 g/mol. The molecule has 6 heteroatoms. The van der Waals surface area contributed by atoms with Crippen LogP contribution in [0.1, 0.15) is 34.9 Å². The number of imidazole rings is 1. The van der Waals surface area contributed by atoms with Crippen molar-refractivity contribution in [1.82, 2.24) is 14.5 Å². The molecule has 0 unspecified atom stereocenters. The zero-order valence-corrected chi connectivity index (χ0v) is 15.3. The van der Waals surface area contributed by atoms with Gasteiger partial charge in [0.1, 0.15) is 17.4 Å². The molecule has 0 bridgehead atoms. The molecular weight excluding hydrogens is 357 g/mol. The molecule has 1 N–H and O–H groups in total. The number of aromatic hydroxyl groups is 1. The number of halogens is 1. The van der Waals surface area contributed by atoms with Crippen LogP contribution in [0.5, 0.6) is 5.75 Å². The van der Waals surface area contributed by atoms with Crippen molar-refractivity contribution in [2.45, 2.75) is 18.8 Å². The van der Waals surface area contributed by atoms with Crippen molar-refractivity contribution in [1.29, 1.82) is 0 Å². The zero-order valence-electron chi connectivity index (χ0n) is 15.3. The highest BCUT2D eigenvalue weighted by Gasteiger charge is 2.55. The van der Waals surface area contributed by atoms with Gasteiger partial charge >= 0.3 is 0 Å². The fourth-order valence-electron chi connectivity index (χ4n) is 4.60. The van der Waals surface area contributed by atoms with Crippen molar-refractivity contribution in [3.8, 4) is 11.4 Å². The summed E-state index contributed by atoms with van der Waals surface area (Å²) in [6.45, 7) is 1.26. The Morgan fingerprint density at radius 1 is 1.14 bits per heavy atom. The van der Waals surface area contributed by atoms with E-state index < -0.39 is 5.82 Å². The number of aromatic nitrogens is 2. The van der Waals surface area contributed by atoms with E-state index in [4.69, 9.17) is 0 Å². The molecule has 1 saturated heterocycles. The summed E-state index contributed by atoms with van der Waals surface area (Å²) in [6, 6.07) is 13.7. The molecule has 1 aliphatic carbocycles. The summed E-state index contributed by atoms with van der Waals surface area (Å²) in [7, 11) is 0. The van der Waals surface area contributed by atoms with Gasteiger partial charge in [0, 0.05) is 42.5 Å². The van der Waals surface area contributed by atoms with Crippen molar-refractivity contribution < 1.29 is 14.3 Å². The maximum atomic E-state index is 13.9. The van der Waals surface area contributed by atoms with Crippen LogP contribution in [0.4, 0.5) is 4.39 Å². The van der Waals surface area contributed by atoms with Crippen LogP contribution in [0.15, 0.2) is 60.9 Å². The number of nitrogens with zero attached hydrogens (tertiary/aromatic N) is 3. The molecule has 5 rings (SSSR count). The average Bonchev–Trinajstić information content (AvgIpc) is 3.11. The van der Waals surface area contributed by atoms with Crippen LogP contribution in [0.2, 0.25) is 0 Å². The summed E-state index contributed by atoms with van der Waals surface area (Å²) in [5.74, 6) is 0.371. The van der Waals surface area contributed by atoms with E-state index >= 15 is 0 Å². The first-order valence-corrected chi connectivity index (χ1v) is 9.41. The van der Waals surface area contributed by atoms with Gasteiger partial charge < -0.3 is 14.6 Å². The molecule has 2 fully saturated rings. The van der Waals surface area contributed by atoms with Crippen LogP contribution < -0.4 is 0 Å². The number of phenols is 1. The van der Waals surface area contributed by atoms with Crippen LogP contribution in [0.25, 0.3) is 5.69 Å². The van der Waals surface area contributed by atoms with Gasteiger partial charge in [-0.25, -0.2) is 9.37 Å². The number of likely N-dealkylation sites (tertiary alicyclic amines) is 1. The number of hydrogen-bond acceptors (Lipinski definition) is 3. The molecule has 1 amide bonds. The number of benzene rings is 2. The summed E-state index contributed by atoms with van der Waals surface area (Å²) in [4.78, 5) is 18.8. The smallest absolute Gasteiger partial charge is 0.257 e. The van der Waals surface area contributed by atoms with E-state index in [0.29, 0.717) is 19.0 Å². The number of hydrogen-bond donors (Lipinski definition) is 1. The van der Waals surface area contributed by atoms with E-state index in [9.17, 15) is 14.3 Å². The molecular formula is C22H20FN3O2. The normalized spacial score (nSPS) is 18.0. The van der Waals surface area contributed by atoms with Crippen LogP contribution in [0, 0.1) is 11.2 Å². The molecule has 1 aliphatic heterocycles. The second kappa shape index (κ2) is 6.19. The molecule has 5 nitrogen and oxygen atoms in total. The van der Waals surface area contributed by atoms with Gasteiger partial charge in [0.05, 0.1) is 5.56 Å². The molecule has 1 saturated carbocycles. The predicted molar refractivity (Wildman–Crippen MR) is 102 cm³/mol. The van der Waals surface area contributed by atoms with Crippen molar-refractivity contribution in [2.24, 2.45) is 5.41 Å². The van der Waals surface area contributed by atoms with Gasteiger partial charge in [-0.1, -0.05) is 18.2 Å². The van der Waals surface area contributed by atoms with E-state index in [-0.39, 0.29) is 22.6 Å². The molecule has 0 radical (unpaired) electrons. The van der Waals surface area contributed by atoms with Crippen LogP contribution in [-0.4, -0.2) is 38.6 Å². The lowest BCUT2D eigenvalue weighted by Crippen LogP contribution is -2.63. The molecule has 2 aromatic carbocycles. The molecule has 1 spiro atoms. The van der Waals surface area contributed by atoms with Gasteiger partial charge in [0.2, 0.25) is 0 Å². The highest BCUT2D eigenvalue weighted by Crippen LogP contribution is 2.56. The largest absolute Gasteiger partial charge is 0.508 e. The lowest BCUT2D eigenvalue weighted by molar-refractivity contribution is -0.0574. The van der Waals surface area contributed by atoms with Crippen LogP contribution in [0.3, 0.4) is 0 Å². The monoisotopic (exact) mass is 377 g/mol. The van der Waals surface area contributed by atoms with Crippen molar-refractivity contribution in [3.63, 3.8) is 0 Å². The third kappa shape index (κ3) is 2.68. The first-order valence-electron chi connectivity index (χ1n) is 9.41. The molecule has 28 heavy (non-hydrogen) atoms. The Kier molecular flexibility index (Phi) is 3.75. The van der Waals surface area contributed by atoms with E-state index in [1.54, 1.807) is 4.90 Å². The van der Waals surface area contributed by atoms with Crippen molar-refractivity contribution in [2.75, 3.05) is 13.1 Å². The number of amides is 1. The van der Waals surface area contributed by atoms with E-state index in [0.717, 1.165) is 30.4 Å². The number of rotatable bonds is 3. The topological polar surface area (TPSA) is 58.4 Å². The third-order valence-electron chi connectivity index (χ3n) is 5.95. The highest BCUT2D eigenvalue weighted by molar-refractivity contribution is 5.95.